The lowest BCUT2D eigenvalue weighted by Crippen LogP contribution is -2.37. The third-order valence-corrected chi connectivity index (χ3v) is 6.30. The standard InChI is InChI=1S/C22H23N3O4S/c1-25(2)22(29)13-5-3-6-14(19(13)26)23-17-18(21(28)20(17)27)24-15(11-12-8-9-12)16-7-4-10-30-16/h3-7,10,12,15,23-24,26H,8-9,11H2,1-2H3. The Bertz CT molecular complexity index is 1140. The molecule has 30 heavy (non-hydrogen) atoms. The van der Waals surface area contributed by atoms with Crippen LogP contribution >= 0.6 is 11.3 Å². The van der Waals surface area contributed by atoms with Crippen LogP contribution in [-0.4, -0.2) is 30.0 Å². The molecule has 1 fully saturated rings. The van der Waals surface area contributed by atoms with Crippen molar-refractivity contribution >= 4 is 34.3 Å². The molecule has 0 bridgehead atoms. The van der Waals surface area contributed by atoms with Gasteiger partial charge in [-0.25, -0.2) is 0 Å². The summed E-state index contributed by atoms with van der Waals surface area (Å²) in [5.41, 5.74) is -0.562. The van der Waals surface area contributed by atoms with E-state index in [0.29, 0.717) is 5.92 Å². The van der Waals surface area contributed by atoms with Gasteiger partial charge in [-0.2, -0.15) is 0 Å². The van der Waals surface area contributed by atoms with Crippen LogP contribution in [-0.2, 0) is 0 Å². The van der Waals surface area contributed by atoms with Gasteiger partial charge >= 0.3 is 0 Å². The van der Waals surface area contributed by atoms with Crippen molar-refractivity contribution < 1.29 is 9.90 Å². The number of thiophene rings is 1. The minimum absolute atomic E-state index is 0.0448. The Morgan fingerprint density at radius 2 is 1.90 bits per heavy atom. The van der Waals surface area contributed by atoms with Gasteiger partial charge in [-0.3, -0.25) is 14.4 Å². The molecule has 7 nitrogen and oxygen atoms in total. The molecule has 1 aliphatic rings. The number of hydrogen-bond acceptors (Lipinski definition) is 7. The van der Waals surface area contributed by atoms with Gasteiger partial charge in [0.15, 0.2) is 5.75 Å². The monoisotopic (exact) mass is 425 g/mol. The fourth-order valence-electron chi connectivity index (χ4n) is 3.44. The third kappa shape index (κ3) is 3.82. The number of nitrogens with one attached hydrogen (secondary N) is 2. The highest BCUT2D eigenvalue weighted by Crippen LogP contribution is 2.41. The van der Waals surface area contributed by atoms with E-state index in [1.165, 1.54) is 23.8 Å². The Labute approximate surface area is 177 Å². The van der Waals surface area contributed by atoms with Crippen LogP contribution < -0.4 is 21.5 Å². The summed E-state index contributed by atoms with van der Waals surface area (Å²) in [5, 5.41) is 18.6. The number of amides is 1. The van der Waals surface area contributed by atoms with Crippen LogP contribution in [0.25, 0.3) is 0 Å². The van der Waals surface area contributed by atoms with E-state index >= 15 is 0 Å². The van der Waals surface area contributed by atoms with Gasteiger partial charge < -0.3 is 20.6 Å². The molecule has 1 heterocycles. The van der Waals surface area contributed by atoms with E-state index in [1.807, 2.05) is 17.5 Å². The number of aromatic hydroxyl groups is 1. The second kappa shape index (κ2) is 7.95. The van der Waals surface area contributed by atoms with Crippen LogP contribution in [0.2, 0.25) is 0 Å². The molecule has 0 saturated heterocycles. The van der Waals surface area contributed by atoms with E-state index in [2.05, 4.69) is 10.6 Å². The van der Waals surface area contributed by atoms with Gasteiger partial charge in [-0.15, -0.1) is 11.3 Å². The van der Waals surface area contributed by atoms with Crippen LogP contribution in [0.4, 0.5) is 17.1 Å². The molecule has 1 unspecified atom stereocenters. The fraction of sp³-hybridized carbons (Fsp3) is 0.318. The summed E-state index contributed by atoms with van der Waals surface area (Å²) in [6, 6.07) is 8.62. The molecule has 1 saturated carbocycles. The highest BCUT2D eigenvalue weighted by molar-refractivity contribution is 7.10. The molecule has 1 amide bonds. The number of anilines is 3. The zero-order valence-corrected chi connectivity index (χ0v) is 17.6. The largest absolute Gasteiger partial charge is 0.505 e. The first-order valence-corrected chi connectivity index (χ1v) is 10.7. The lowest BCUT2D eigenvalue weighted by atomic mass is 10.1. The van der Waals surface area contributed by atoms with E-state index < -0.39 is 10.9 Å². The molecule has 3 aromatic rings. The topological polar surface area (TPSA) is 98.7 Å². The molecule has 2 aromatic carbocycles. The van der Waals surface area contributed by atoms with E-state index in [9.17, 15) is 19.5 Å². The van der Waals surface area contributed by atoms with E-state index in [-0.39, 0.29) is 40.3 Å². The maximum Gasteiger partial charge on any atom is 0.257 e. The third-order valence-electron chi connectivity index (χ3n) is 5.31. The number of phenolic OH excluding ortho intramolecular Hbond substituents is 1. The predicted octanol–water partition coefficient (Wildman–Crippen LogP) is 3.45. The summed E-state index contributed by atoms with van der Waals surface area (Å²) in [6.45, 7) is 0. The van der Waals surface area contributed by atoms with Crippen molar-refractivity contribution in [2.45, 2.75) is 25.3 Å². The number of hydrogen-bond donors (Lipinski definition) is 3. The summed E-state index contributed by atoms with van der Waals surface area (Å²) < 4.78 is 0. The molecule has 3 N–H and O–H groups in total. The average molecular weight is 426 g/mol. The zero-order chi connectivity index (χ0) is 21.4. The summed E-state index contributed by atoms with van der Waals surface area (Å²) in [4.78, 5) is 39.3. The van der Waals surface area contributed by atoms with Gasteiger partial charge in [-0.1, -0.05) is 25.0 Å². The van der Waals surface area contributed by atoms with Gasteiger partial charge in [0.05, 0.1) is 17.3 Å². The smallest absolute Gasteiger partial charge is 0.257 e. The minimum atomic E-state index is -0.641. The highest BCUT2D eigenvalue weighted by Gasteiger charge is 2.30. The number of phenols is 1. The Hall–Kier alpha value is -3.13. The molecule has 0 radical (unpaired) electrons. The molecule has 8 heteroatoms. The van der Waals surface area contributed by atoms with Crippen molar-refractivity contribution in [1.82, 2.24) is 4.90 Å². The fourth-order valence-corrected chi connectivity index (χ4v) is 4.23. The first-order chi connectivity index (χ1) is 14.4. The second-order valence-electron chi connectivity index (χ2n) is 7.83. The molecule has 1 atom stereocenters. The minimum Gasteiger partial charge on any atom is -0.505 e. The van der Waals surface area contributed by atoms with Crippen LogP contribution in [0.15, 0.2) is 45.3 Å². The molecule has 1 aliphatic carbocycles. The summed E-state index contributed by atoms with van der Waals surface area (Å²) >= 11 is 1.61. The number of para-hydroxylation sites is 1. The van der Waals surface area contributed by atoms with Gasteiger partial charge in [0, 0.05) is 19.0 Å². The maximum absolute atomic E-state index is 12.3. The molecule has 4 rings (SSSR count). The Kier molecular flexibility index (Phi) is 5.34. The Morgan fingerprint density at radius 1 is 1.17 bits per heavy atom. The number of benzene rings is 1. The van der Waals surface area contributed by atoms with Crippen LogP contribution in [0.1, 0.15) is 40.5 Å². The van der Waals surface area contributed by atoms with Crippen LogP contribution in [0.5, 0.6) is 5.75 Å². The normalized spacial score (nSPS) is 14.5. The predicted molar refractivity (Wildman–Crippen MR) is 119 cm³/mol. The lowest BCUT2D eigenvalue weighted by molar-refractivity contribution is 0.0824. The second-order valence-corrected chi connectivity index (χ2v) is 8.81. The van der Waals surface area contributed by atoms with Crippen molar-refractivity contribution in [2.75, 3.05) is 24.7 Å². The SMILES string of the molecule is CN(C)C(=O)c1cccc(Nc2c(NC(CC3CC3)c3cccs3)c(=O)c2=O)c1O. The van der Waals surface area contributed by atoms with E-state index in [4.69, 9.17) is 0 Å². The lowest BCUT2D eigenvalue weighted by Gasteiger charge is -2.22. The van der Waals surface area contributed by atoms with E-state index in [0.717, 1.165) is 11.3 Å². The van der Waals surface area contributed by atoms with Gasteiger partial charge in [-0.05, 0) is 35.9 Å². The number of nitrogens with zero attached hydrogens (tertiary/aromatic N) is 1. The van der Waals surface area contributed by atoms with Gasteiger partial charge in [0.2, 0.25) is 0 Å². The Balaban J connectivity index is 1.61. The van der Waals surface area contributed by atoms with Crippen molar-refractivity contribution in [1.29, 1.82) is 0 Å². The van der Waals surface area contributed by atoms with Crippen LogP contribution in [0.3, 0.4) is 0 Å². The van der Waals surface area contributed by atoms with Crippen molar-refractivity contribution in [3.63, 3.8) is 0 Å². The van der Waals surface area contributed by atoms with Crippen molar-refractivity contribution in [3.05, 3.63) is 66.6 Å². The molecule has 0 aliphatic heterocycles. The van der Waals surface area contributed by atoms with Gasteiger partial charge in [0.25, 0.3) is 16.8 Å². The zero-order valence-electron chi connectivity index (χ0n) is 16.8. The molecule has 1 aromatic heterocycles. The van der Waals surface area contributed by atoms with Crippen LogP contribution in [0, 0.1) is 5.92 Å². The summed E-state index contributed by atoms with van der Waals surface area (Å²) in [7, 11) is 3.18. The molecular weight excluding hydrogens is 402 g/mol. The maximum atomic E-state index is 12.3. The van der Waals surface area contributed by atoms with Crippen molar-refractivity contribution in [3.8, 4) is 5.75 Å². The number of carbonyl (C=O) groups excluding carboxylic acids is 1. The van der Waals surface area contributed by atoms with E-state index in [1.54, 1.807) is 37.6 Å². The first kappa shape index (κ1) is 20.2. The quantitative estimate of drug-likeness (QED) is 0.378. The highest BCUT2D eigenvalue weighted by atomic mass is 32.1. The first-order valence-electron chi connectivity index (χ1n) is 9.80. The summed E-state index contributed by atoms with van der Waals surface area (Å²) in [6.07, 6.45) is 3.26. The number of carbonyl (C=O) groups is 1. The van der Waals surface area contributed by atoms with Crippen molar-refractivity contribution in [2.24, 2.45) is 5.92 Å². The molecular formula is C22H23N3O4S. The summed E-state index contributed by atoms with van der Waals surface area (Å²) in [5.74, 6) is 0.00919. The van der Waals surface area contributed by atoms with Gasteiger partial charge in [0.1, 0.15) is 11.4 Å². The molecule has 156 valence electrons. The molecule has 0 spiro atoms. The number of rotatable bonds is 8. The Morgan fingerprint density at radius 3 is 2.53 bits per heavy atom. The average Bonchev–Trinajstić information content (AvgIpc) is 3.39.